The number of benzene rings is 3. The predicted molar refractivity (Wildman–Crippen MR) is 207 cm³/mol. The molecule has 0 aromatic heterocycles. The number of hydrogen-bond donors (Lipinski definition) is 3. The van der Waals surface area contributed by atoms with Gasteiger partial charge in [-0.2, -0.15) is 0 Å². The lowest BCUT2D eigenvalue weighted by Gasteiger charge is -2.41. The molecule has 2 saturated carbocycles. The molecule has 2 aliphatic carbocycles. The standard InChI is InChI=1S/C40H52N6O6S/c1-27-34-22-31(40(27,2)3)23-37(34)42-35-7-5-4-6-30(35)26-44-16-18-45(19-17-44)32-10-8-29(9-11-32)39(47)43-53(50,51)33-12-13-36(38(24-33)46(48)49)41-25-28-14-20-52-21-15-28/h4-13,24,27-28,31,34,37,41-42H,14-23,25-26H2,1-3H3,(H,43,47)/t27-,31+,34?,37?/m0/s1. The average molecular weight is 745 g/mol. The Balaban J connectivity index is 0.917. The van der Waals surface area contributed by atoms with Gasteiger partial charge in [-0.05, 0) is 103 Å². The number of sulfonamides is 1. The van der Waals surface area contributed by atoms with E-state index in [1.807, 2.05) is 12.1 Å². The summed E-state index contributed by atoms with van der Waals surface area (Å²) in [5.74, 6) is 1.75. The zero-order chi connectivity index (χ0) is 37.3. The Morgan fingerprint density at radius 2 is 1.68 bits per heavy atom. The molecule has 3 aromatic rings. The molecule has 2 saturated heterocycles. The molecule has 7 rings (SSSR count). The van der Waals surface area contributed by atoms with Crippen LogP contribution in [0, 0.1) is 39.2 Å². The first-order chi connectivity index (χ1) is 25.4. The van der Waals surface area contributed by atoms with Gasteiger partial charge in [-0.25, -0.2) is 13.1 Å². The van der Waals surface area contributed by atoms with Crippen LogP contribution in [0.1, 0.15) is 62.4 Å². The summed E-state index contributed by atoms with van der Waals surface area (Å²) in [6, 6.07) is 19.8. The van der Waals surface area contributed by atoms with Crippen LogP contribution in [0.3, 0.4) is 0 Å². The molecule has 3 N–H and O–H groups in total. The van der Waals surface area contributed by atoms with E-state index >= 15 is 0 Å². The van der Waals surface area contributed by atoms with Crippen molar-refractivity contribution in [3.8, 4) is 0 Å². The topological polar surface area (TPSA) is 146 Å². The van der Waals surface area contributed by atoms with E-state index in [0.717, 1.165) is 75.1 Å². The molecule has 4 aliphatic rings. The Hall–Kier alpha value is -4.20. The van der Waals surface area contributed by atoms with Crippen molar-refractivity contribution in [2.75, 3.05) is 61.5 Å². The number of rotatable bonds is 12. The van der Waals surface area contributed by atoms with Crippen molar-refractivity contribution < 1.29 is 22.9 Å². The predicted octanol–water partition coefficient (Wildman–Crippen LogP) is 6.36. The summed E-state index contributed by atoms with van der Waals surface area (Å²) < 4.78 is 33.7. The third-order valence-electron chi connectivity index (χ3n) is 12.7. The highest BCUT2D eigenvalue weighted by Gasteiger charge is 2.55. The zero-order valence-corrected chi connectivity index (χ0v) is 31.7. The van der Waals surface area contributed by atoms with Crippen molar-refractivity contribution in [2.45, 2.75) is 63.9 Å². The van der Waals surface area contributed by atoms with Gasteiger partial charge >= 0.3 is 0 Å². The maximum Gasteiger partial charge on any atom is 0.293 e. The molecule has 4 atom stereocenters. The van der Waals surface area contributed by atoms with Gasteiger partial charge in [0.1, 0.15) is 5.69 Å². The number of para-hydroxylation sites is 1. The van der Waals surface area contributed by atoms with E-state index in [9.17, 15) is 23.3 Å². The fourth-order valence-corrected chi connectivity index (χ4v) is 9.96. The molecule has 2 unspecified atom stereocenters. The number of nitro benzene ring substituents is 1. The first-order valence-corrected chi connectivity index (χ1v) is 20.5. The van der Waals surface area contributed by atoms with Gasteiger partial charge in [0, 0.05) is 81.5 Å². The van der Waals surface area contributed by atoms with Crippen LogP contribution in [0.2, 0.25) is 0 Å². The summed E-state index contributed by atoms with van der Waals surface area (Å²) in [5, 5.41) is 18.9. The maximum atomic E-state index is 13.2. The summed E-state index contributed by atoms with van der Waals surface area (Å²) in [6.07, 6.45) is 4.28. The fourth-order valence-electron chi connectivity index (χ4n) is 8.97. The number of hydrogen-bond acceptors (Lipinski definition) is 10. The number of fused-ring (bicyclic) bond motifs is 2. The monoisotopic (exact) mass is 744 g/mol. The largest absolute Gasteiger partial charge is 0.382 e. The first-order valence-electron chi connectivity index (χ1n) is 19.0. The second-order valence-corrected chi connectivity index (χ2v) is 17.7. The summed E-state index contributed by atoms with van der Waals surface area (Å²) in [7, 11) is -4.37. The molecule has 12 nitrogen and oxygen atoms in total. The van der Waals surface area contributed by atoms with Crippen LogP contribution in [0.4, 0.5) is 22.7 Å². The van der Waals surface area contributed by atoms with E-state index in [1.165, 1.54) is 36.2 Å². The van der Waals surface area contributed by atoms with E-state index < -0.39 is 20.9 Å². The number of nitro groups is 1. The number of ether oxygens (including phenoxy) is 1. The van der Waals surface area contributed by atoms with Crippen LogP contribution >= 0.6 is 0 Å². The van der Waals surface area contributed by atoms with Gasteiger partial charge in [-0.3, -0.25) is 19.8 Å². The Morgan fingerprint density at radius 1 is 0.962 bits per heavy atom. The quantitative estimate of drug-likeness (QED) is 0.142. The smallest absolute Gasteiger partial charge is 0.293 e. The molecule has 284 valence electrons. The van der Waals surface area contributed by atoms with Crippen molar-refractivity contribution in [3.05, 3.63) is 88.0 Å². The lowest BCUT2D eigenvalue weighted by atomic mass is 9.68. The van der Waals surface area contributed by atoms with Gasteiger partial charge in [0.05, 0.1) is 9.82 Å². The highest BCUT2D eigenvalue weighted by molar-refractivity contribution is 7.90. The second-order valence-electron chi connectivity index (χ2n) is 16.0. The molecule has 4 fully saturated rings. The third-order valence-corrected chi connectivity index (χ3v) is 14.1. The van der Waals surface area contributed by atoms with E-state index in [-0.39, 0.29) is 21.8 Å². The van der Waals surface area contributed by atoms with E-state index in [2.05, 4.69) is 70.2 Å². The van der Waals surface area contributed by atoms with Gasteiger partial charge < -0.3 is 20.3 Å². The van der Waals surface area contributed by atoms with Crippen LogP contribution in [0.5, 0.6) is 0 Å². The van der Waals surface area contributed by atoms with Crippen molar-refractivity contribution in [1.82, 2.24) is 9.62 Å². The molecule has 3 aromatic carbocycles. The second kappa shape index (κ2) is 15.3. The Labute approximate surface area is 312 Å². The van der Waals surface area contributed by atoms with Gasteiger partial charge in [0.25, 0.3) is 21.6 Å². The Bertz CT molecular complexity index is 1900. The Morgan fingerprint density at radius 3 is 2.36 bits per heavy atom. The molecule has 0 spiro atoms. The van der Waals surface area contributed by atoms with Gasteiger partial charge in [0.2, 0.25) is 0 Å². The summed E-state index contributed by atoms with van der Waals surface area (Å²) in [4.78, 5) is 28.7. The van der Waals surface area contributed by atoms with Crippen LogP contribution in [0.25, 0.3) is 0 Å². The molecule has 2 aliphatic heterocycles. The molecule has 53 heavy (non-hydrogen) atoms. The maximum absolute atomic E-state index is 13.2. The highest BCUT2D eigenvalue weighted by atomic mass is 32.2. The highest BCUT2D eigenvalue weighted by Crippen LogP contribution is 2.59. The number of carbonyl (C=O) groups is 1. The van der Waals surface area contributed by atoms with Crippen LogP contribution in [0.15, 0.2) is 71.6 Å². The fraction of sp³-hybridized carbons (Fsp3) is 0.525. The zero-order valence-electron chi connectivity index (χ0n) is 30.9. The van der Waals surface area contributed by atoms with Crippen LogP contribution < -0.4 is 20.3 Å². The van der Waals surface area contributed by atoms with Crippen molar-refractivity contribution >= 4 is 38.7 Å². The lowest BCUT2D eigenvalue weighted by Crippen LogP contribution is -2.46. The SMILES string of the molecule is C[C@H]1C2C[C@H](CC2Nc2ccccc2CN2CCN(c3ccc(C(=O)NS(=O)(=O)c4ccc(NCC5CCOCC5)c([N+](=O)[O-])c4)cc3)CC2)C1(C)C. The molecular weight excluding hydrogens is 693 g/mol. The van der Waals surface area contributed by atoms with Crippen molar-refractivity contribution in [3.63, 3.8) is 0 Å². The van der Waals surface area contributed by atoms with Crippen molar-refractivity contribution in [2.24, 2.45) is 29.1 Å². The lowest BCUT2D eigenvalue weighted by molar-refractivity contribution is -0.384. The van der Waals surface area contributed by atoms with Gasteiger partial charge in [0.15, 0.2) is 0 Å². The number of carbonyl (C=O) groups excluding carboxylic acids is 1. The van der Waals surface area contributed by atoms with Crippen molar-refractivity contribution in [1.29, 1.82) is 0 Å². The molecular formula is C40H52N6O6S. The minimum absolute atomic E-state index is 0.178. The molecule has 2 bridgehead atoms. The van der Waals surface area contributed by atoms with E-state index in [1.54, 1.807) is 12.1 Å². The summed E-state index contributed by atoms with van der Waals surface area (Å²) in [5.41, 5.74) is 4.01. The van der Waals surface area contributed by atoms with Crippen LogP contribution in [-0.4, -0.2) is 76.1 Å². The minimum Gasteiger partial charge on any atom is -0.382 e. The van der Waals surface area contributed by atoms with Crippen LogP contribution in [-0.2, 0) is 21.3 Å². The average Bonchev–Trinajstić information content (AvgIpc) is 3.68. The van der Waals surface area contributed by atoms with Gasteiger partial charge in [-0.15, -0.1) is 0 Å². The number of anilines is 3. The molecule has 2 heterocycles. The van der Waals surface area contributed by atoms with E-state index in [0.29, 0.717) is 37.1 Å². The molecule has 13 heteroatoms. The minimum atomic E-state index is -4.37. The summed E-state index contributed by atoms with van der Waals surface area (Å²) >= 11 is 0. The molecule has 1 amide bonds. The number of amides is 1. The number of nitrogens with zero attached hydrogens (tertiary/aromatic N) is 3. The normalized spacial score (nSPS) is 24.5. The van der Waals surface area contributed by atoms with Gasteiger partial charge in [-0.1, -0.05) is 39.0 Å². The summed E-state index contributed by atoms with van der Waals surface area (Å²) in [6.45, 7) is 13.5. The number of piperazine rings is 1. The first kappa shape index (κ1) is 37.1. The Kier molecular flexibility index (Phi) is 10.7. The number of nitrogens with one attached hydrogen (secondary N) is 3. The van der Waals surface area contributed by atoms with E-state index in [4.69, 9.17) is 4.74 Å². The molecule has 0 radical (unpaired) electrons. The third kappa shape index (κ3) is 8.02.